The maximum absolute atomic E-state index is 11.8. The lowest BCUT2D eigenvalue weighted by molar-refractivity contribution is -0.153. The van der Waals surface area contributed by atoms with Crippen molar-refractivity contribution in [2.45, 2.75) is 37.9 Å². The van der Waals surface area contributed by atoms with Crippen molar-refractivity contribution in [2.75, 3.05) is 13.1 Å². The predicted molar refractivity (Wildman–Crippen MR) is 49.3 cm³/mol. The molecule has 0 aliphatic carbocycles. The fraction of sp³-hybridized carbons (Fsp3) is 0.889. The number of rotatable bonds is 3. The highest BCUT2D eigenvalue weighted by Crippen LogP contribution is 2.18. The van der Waals surface area contributed by atoms with Crippen LogP contribution in [0.4, 0.5) is 13.2 Å². The van der Waals surface area contributed by atoms with Crippen LogP contribution >= 0.6 is 0 Å². The summed E-state index contributed by atoms with van der Waals surface area (Å²) in [7, 11) is 0. The number of nitrogens with one attached hydrogen (secondary N) is 2. The fourth-order valence-corrected chi connectivity index (χ4v) is 1.58. The first-order chi connectivity index (χ1) is 6.97. The molecule has 1 amide bonds. The third kappa shape index (κ3) is 5.61. The lowest BCUT2D eigenvalue weighted by Gasteiger charge is -2.23. The summed E-state index contributed by atoms with van der Waals surface area (Å²) in [4.78, 5) is 10.8. The van der Waals surface area contributed by atoms with Crippen LogP contribution in [0, 0.1) is 0 Å². The third-order valence-corrected chi connectivity index (χ3v) is 2.32. The second kappa shape index (κ2) is 5.34. The molecule has 15 heavy (non-hydrogen) atoms. The average molecular weight is 224 g/mol. The molecule has 1 aliphatic heterocycles. The molecular weight excluding hydrogens is 209 g/mol. The Kier molecular flexibility index (Phi) is 4.38. The van der Waals surface area contributed by atoms with Gasteiger partial charge in [0.05, 0.1) is 0 Å². The molecule has 6 heteroatoms. The van der Waals surface area contributed by atoms with Gasteiger partial charge in [0.1, 0.15) is 6.42 Å². The zero-order chi connectivity index (χ0) is 11.3. The molecule has 0 spiro atoms. The molecule has 3 nitrogen and oxygen atoms in total. The van der Waals surface area contributed by atoms with Crippen molar-refractivity contribution in [3.63, 3.8) is 0 Å². The molecule has 0 aromatic carbocycles. The summed E-state index contributed by atoms with van der Waals surface area (Å²) >= 11 is 0. The second-order valence-corrected chi connectivity index (χ2v) is 3.74. The van der Waals surface area contributed by atoms with Crippen molar-refractivity contribution in [3.8, 4) is 0 Å². The van der Waals surface area contributed by atoms with Crippen molar-refractivity contribution in [1.82, 2.24) is 10.6 Å². The van der Waals surface area contributed by atoms with Crippen LogP contribution in [0.5, 0.6) is 0 Å². The standard InChI is InChI=1S/C9H15F3N2O/c10-9(11,12)5-8(15)14-6-7-3-1-2-4-13-7/h7,13H,1-6H2,(H,14,15). The van der Waals surface area contributed by atoms with Crippen molar-refractivity contribution < 1.29 is 18.0 Å². The van der Waals surface area contributed by atoms with E-state index in [-0.39, 0.29) is 12.6 Å². The second-order valence-electron chi connectivity index (χ2n) is 3.74. The van der Waals surface area contributed by atoms with Gasteiger partial charge < -0.3 is 10.6 Å². The zero-order valence-corrected chi connectivity index (χ0v) is 8.36. The van der Waals surface area contributed by atoms with Crippen molar-refractivity contribution >= 4 is 5.91 Å². The molecule has 1 heterocycles. The normalized spacial score (nSPS) is 22.5. The van der Waals surface area contributed by atoms with Gasteiger partial charge in [-0.3, -0.25) is 4.79 Å². The Morgan fingerprint density at radius 3 is 2.67 bits per heavy atom. The number of hydrogen-bond acceptors (Lipinski definition) is 2. The van der Waals surface area contributed by atoms with E-state index in [0.717, 1.165) is 25.8 Å². The fourth-order valence-electron chi connectivity index (χ4n) is 1.58. The maximum atomic E-state index is 11.8. The van der Waals surface area contributed by atoms with E-state index in [1.807, 2.05) is 0 Å². The van der Waals surface area contributed by atoms with Gasteiger partial charge in [-0.1, -0.05) is 6.42 Å². The summed E-state index contributed by atoms with van der Waals surface area (Å²) in [6, 6.07) is 0.121. The summed E-state index contributed by atoms with van der Waals surface area (Å²) in [5, 5.41) is 5.43. The molecule has 1 aliphatic rings. The maximum Gasteiger partial charge on any atom is 0.397 e. The van der Waals surface area contributed by atoms with Gasteiger partial charge in [0, 0.05) is 12.6 Å². The van der Waals surface area contributed by atoms with Crippen LogP contribution in [0.3, 0.4) is 0 Å². The number of halogens is 3. The Morgan fingerprint density at radius 1 is 1.40 bits per heavy atom. The summed E-state index contributed by atoms with van der Waals surface area (Å²) in [6.07, 6.45) is -2.74. The molecule has 0 bridgehead atoms. The van der Waals surface area contributed by atoms with Crippen molar-refractivity contribution in [3.05, 3.63) is 0 Å². The molecule has 0 saturated carbocycles. The van der Waals surface area contributed by atoms with E-state index in [2.05, 4.69) is 10.6 Å². The van der Waals surface area contributed by atoms with Crippen molar-refractivity contribution in [1.29, 1.82) is 0 Å². The van der Waals surface area contributed by atoms with Gasteiger partial charge in [-0.05, 0) is 19.4 Å². The van der Waals surface area contributed by atoms with Crippen LogP contribution < -0.4 is 10.6 Å². The minimum absolute atomic E-state index is 0.121. The minimum atomic E-state index is -4.41. The summed E-state index contributed by atoms with van der Waals surface area (Å²) in [5.74, 6) is -0.949. The zero-order valence-electron chi connectivity index (χ0n) is 8.36. The summed E-state index contributed by atoms with van der Waals surface area (Å²) in [5.41, 5.74) is 0. The average Bonchev–Trinajstić information content (AvgIpc) is 2.14. The van der Waals surface area contributed by atoms with Crippen molar-refractivity contribution in [2.24, 2.45) is 0 Å². The third-order valence-electron chi connectivity index (χ3n) is 2.32. The van der Waals surface area contributed by atoms with Gasteiger partial charge in [0.25, 0.3) is 0 Å². The quantitative estimate of drug-likeness (QED) is 0.756. The molecule has 1 saturated heterocycles. The van der Waals surface area contributed by atoms with E-state index in [1.54, 1.807) is 0 Å². The summed E-state index contributed by atoms with van der Waals surface area (Å²) in [6.45, 7) is 1.16. The Hall–Kier alpha value is -0.780. The van der Waals surface area contributed by atoms with Gasteiger partial charge in [-0.15, -0.1) is 0 Å². The van der Waals surface area contributed by atoms with E-state index >= 15 is 0 Å². The van der Waals surface area contributed by atoms with E-state index in [4.69, 9.17) is 0 Å². The molecule has 1 atom stereocenters. The SMILES string of the molecule is O=C(CC(F)(F)F)NCC1CCCCN1. The number of amides is 1. The van der Waals surface area contributed by atoms with Crippen LogP contribution in [-0.4, -0.2) is 31.2 Å². The lowest BCUT2D eigenvalue weighted by Crippen LogP contribution is -2.44. The molecule has 88 valence electrons. The first-order valence-corrected chi connectivity index (χ1v) is 5.04. The molecule has 2 N–H and O–H groups in total. The molecule has 0 radical (unpaired) electrons. The first-order valence-electron chi connectivity index (χ1n) is 5.04. The van der Waals surface area contributed by atoms with Gasteiger partial charge in [-0.25, -0.2) is 0 Å². The van der Waals surface area contributed by atoms with Gasteiger partial charge >= 0.3 is 6.18 Å². The monoisotopic (exact) mass is 224 g/mol. The highest BCUT2D eigenvalue weighted by atomic mass is 19.4. The summed E-state index contributed by atoms with van der Waals surface area (Å²) < 4.78 is 35.4. The molecule has 1 rings (SSSR count). The number of piperidine rings is 1. The van der Waals surface area contributed by atoms with E-state index in [1.165, 1.54) is 0 Å². The van der Waals surface area contributed by atoms with Gasteiger partial charge in [0.15, 0.2) is 0 Å². The predicted octanol–water partition coefficient (Wildman–Crippen LogP) is 1.20. The number of carbonyl (C=O) groups excluding carboxylic acids is 1. The smallest absolute Gasteiger partial charge is 0.354 e. The van der Waals surface area contributed by atoms with Crippen LogP contribution in [-0.2, 0) is 4.79 Å². The van der Waals surface area contributed by atoms with E-state index in [9.17, 15) is 18.0 Å². The van der Waals surface area contributed by atoms with Crippen LogP contribution in [0.1, 0.15) is 25.7 Å². The Balaban J connectivity index is 2.15. The Bertz CT molecular complexity index is 212. The molecule has 0 aromatic heterocycles. The first kappa shape index (κ1) is 12.3. The van der Waals surface area contributed by atoms with Crippen LogP contribution in [0.25, 0.3) is 0 Å². The minimum Gasteiger partial charge on any atom is -0.354 e. The highest BCUT2D eigenvalue weighted by Gasteiger charge is 2.31. The van der Waals surface area contributed by atoms with Gasteiger partial charge in [-0.2, -0.15) is 13.2 Å². The van der Waals surface area contributed by atoms with Crippen LogP contribution in [0.2, 0.25) is 0 Å². The number of hydrogen-bond donors (Lipinski definition) is 2. The van der Waals surface area contributed by atoms with E-state index < -0.39 is 18.5 Å². The Morgan fingerprint density at radius 2 is 2.13 bits per heavy atom. The van der Waals surface area contributed by atoms with Gasteiger partial charge in [0.2, 0.25) is 5.91 Å². The molecule has 1 unspecified atom stereocenters. The molecule has 0 aromatic rings. The van der Waals surface area contributed by atoms with Crippen LogP contribution in [0.15, 0.2) is 0 Å². The number of alkyl halides is 3. The largest absolute Gasteiger partial charge is 0.397 e. The molecule has 1 fully saturated rings. The van der Waals surface area contributed by atoms with E-state index in [0.29, 0.717) is 0 Å². The lowest BCUT2D eigenvalue weighted by atomic mass is 10.1. The Labute approximate surface area is 86.4 Å². The molecular formula is C9H15F3N2O. The number of carbonyl (C=O) groups is 1. The topological polar surface area (TPSA) is 41.1 Å². The highest BCUT2D eigenvalue weighted by molar-refractivity contribution is 5.76.